The fourth-order valence-corrected chi connectivity index (χ4v) is 1.62. The van der Waals surface area contributed by atoms with E-state index in [2.05, 4.69) is 10.1 Å². The summed E-state index contributed by atoms with van der Waals surface area (Å²) in [6.45, 7) is -0.761. The first-order chi connectivity index (χ1) is 9.93. The van der Waals surface area contributed by atoms with Crippen LogP contribution in [0.5, 0.6) is 5.75 Å². The van der Waals surface area contributed by atoms with E-state index in [1.165, 1.54) is 7.11 Å². The number of nitrogens with two attached hydrogens (primary N) is 1. The first-order valence-corrected chi connectivity index (χ1v) is 6.48. The molecule has 0 spiro atoms. The standard InChI is InChI=1S/C13H16F2N2O3S/c1-19-10-6-8(13(16)21)2-3-9(10)17-12(18)4-5-20-7-11(14)15/h2-3,6,11H,4-5,7H2,1H3,(H2,16,21)(H,17,18). The highest BCUT2D eigenvalue weighted by Gasteiger charge is 2.10. The van der Waals surface area contributed by atoms with Gasteiger partial charge < -0.3 is 20.5 Å². The minimum absolute atomic E-state index is 0.0348. The topological polar surface area (TPSA) is 73.6 Å². The second-order valence-corrected chi connectivity index (χ2v) is 4.48. The lowest BCUT2D eigenvalue weighted by atomic mass is 10.2. The molecular weight excluding hydrogens is 302 g/mol. The number of halogens is 2. The van der Waals surface area contributed by atoms with Crippen molar-refractivity contribution in [1.82, 2.24) is 0 Å². The second-order valence-electron chi connectivity index (χ2n) is 4.04. The van der Waals surface area contributed by atoms with Gasteiger partial charge in [-0.25, -0.2) is 8.78 Å². The number of methoxy groups -OCH3 is 1. The summed E-state index contributed by atoms with van der Waals surface area (Å²) in [5, 5.41) is 2.60. The van der Waals surface area contributed by atoms with Crippen LogP contribution < -0.4 is 15.8 Å². The number of benzene rings is 1. The van der Waals surface area contributed by atoms with Gasteiger partial charge in [-0.3, -0.25) is 4.79 Å². The molecule has 0 radical (unpaired) electrons. The molecule has 8 heteroatoms. The van der Waals surface area contributed by atoms with Crippen LogP contribution in [0.1, 0.15) is 12.0 Å². The number of hydrogen-bond donors (Lipinski definition) is 2. The van der Waals surface area contributed by atoms with Crippen molar-refractivity contribution in [2.45, 2.75) is 12.8 Å². The van der Waals surface area contributed by atoms with Gasteiger partial charge >= 0.3 is 0 Å². The molecule has 1 amide bonds. The Kier molecular flexibility index (Phi) is 6.97. The molecule has 0 aliphatic heterocycles. The third-order valence-electron chi connectivity index (χ3n) is 2.48. The number of alkyl halides is 2. The van der Waals surface area contributed by atoms with E-state index in [-0.39, 0.29) is 23.9 Å². The summed E-state index contributed by atoms with van der Waals surface area (Å²) < 4.78 is 33.5. The van der Waals surface area contributed by atoms with E-state index in [1.807, 2.05) is 0 Å². The Balaban J connectivity index is 2.57. The highest BCUT2D eigenvalue weighted by Crippen LogP contribution is 2.25. The van der Waals surface area contributed by atoms with Crippen LogP contribution in [0.15, 0.2) is 18.2 Å². The zero-order valence-corrected chi connectivity index (χ0v) is 12.2. The normalized spacial score (nSPS) is 10.5. The Bertz CT molecular complexity index is 512. The summed E-state index contributed by atoms with van der Waals surface area (Å²) in [4.78, 5) is 11.9. The summed E-state index contributed by atoms with van der Waals surface area (Å²) in [6.07, 6.45) is -2.58. The van der Waals surface area contributed by atoms with Gasteiger partial charge in [-0.15, -0.1) is 0 Å². The molecule has 1 aromatic rings. The number of hydrogen-bond acceptors (Lipinski definition) is 4. The van der Waals surface area contributed by atoms with E-state index in [4.69, 9.17) is 22.7 Å². The van der Waals surface area contributed by atoms with Crippen LogP contribution in [0.4, 0.5) is 14.5 Å². The molecule has 0 heterocycles. The molecule has 0 unspecified atom stereocenters. The lowest BCUT2D eigenvalue weighted by Gasteiger charge is -2.11. The van der Waals surface area contributed by atoms with Crippen LogP contribution in [-0.2, 0) is 9.53 Å². The smallest absolute Gasteiger partial charge is 0.261 e. The van der Waals surface area contributed by atoms with E-state index < -0.39 is 13.0 Å². The zero-order chi connectivity index (χ0) is 15.8. The van der Waals surface area contributed by atoms with Gasteiger partial charge in [-0.2, -0.15) is 0 Å². The summed E-state index contributed by atoms with van der Waals surface area (Å²) in [6, 6.07) is 4.85. The number of anilines is 1. The van der Waals surface area contributed by atoms with Crippen LogP contribution >= 0.6 is 12.2 Å². The predicted octanol–water partition coefficient (Wildman–Crippen LogP) is 1.94. The first kappa shape index (κ1) is 17.3. The lowest BCUT2D eigenvalue weighted by Crippen LogP contribution is -2.16. The molecular formula is C13H16F2N2O3S. The summed E-state index contributed by atoms with van der Waals surface area (Å²) in [5.41, 5.74) is 6.56. The van der Waals surface area contributed by atoms with Gasteiger partial charge in [0.05, 0.1) is 25.8 Å². The van der Waals surface area contributed by atoms with Crippen LogP contribution in [0.2, 0.25) is 0 Å². The number of thiocarbonyl (C=S) groups is 1. The molecule has 0 atom stereocenters. The number of carbonyl (C=O) groups excluding carboxylic acids is 1. The van der Waals surface area contributed by atoms with Gasteiger partial charge in [0.2, 0.25) is 5.91 Å². The van der Waals surface area contributed by atoms with Crippen molar-refractivity contribution in [3.8, 4) is 5.75 Å². The second kappa shape index (κ2) is 8.48. The highest BCUT2D eigenvalue weighted by molar-refractivity contribution is 7.80. The van der Waals surface area contributed by atoms with Gasteiger partial charge in [0.15, 0.2) is 0 Å². The average molecular weight is 318 g/mol. The maximum atomic E-state index is 11.8. The molecule has 0 aromatic heterocycles. The third-order valence-corrected chi connectivity index (χ3v) is 2.71. The fraction of sp³-hybridized carbons (Fsp3) is 0.385. The molecule has 0 aliphatic rings. The molecule has 1 aromatic carbocycles. The quantitative estimate of drug-likeness (QED) is 0.566. The van der Waals surface area contributed by atoms with Crippen molar-refractivity contribution in [3.05, 3.63) is 23.8 Å². The Morgan fingerprint density at radius 2 is 2.19 bits per heavy atom. The molecule has 5 nitrogen and oxygen atoms in total. The van der Waals surface area contributed by atoms with Crippen LogP contribution in [0.3, 0.4) is 0 Å². The molecule has 0 saturated heterocycles. The van der Waals surface area contributed by atoms with Crippen LogP contribution in [-0.4, -0.2) is 37.6 Å². The van der Waals surface area contributed by atoms with E-state index in [0.29, 0.717) is 17.0 Å². The van der Waals surface area contributed by atoms with Gasteiger partial charge in [-0.05, 0) is 18.2 Å². The maximum Gasteiger partial charge on any atom is 0.261 e. The van der Waals surface area contributed by atoms with Crippen LogP contribution in [0, 0.1) is 0 Å². The Morgan fingerprint density at radius 1 is 1.48 bits per heavy atom. The predicted molar refractivity (Wildman–Crippen MR) is 79.0 cm³/mol. The Labute approximate surface area is 126 Å². The number of nitrogens with one attached hydrogen (secondary N) is 1. The molecule has 0 aliphatic carbocycles. The van der Waals surface area contributed by atoms with Crippen molar-refractivity contribution >= 4 is 28.8 Å². The number of rotatable bonds is 8. The van der Waals surface area contributed by atoms with Gasteiger partial charge in [0.1, 0.15) is 17.3 Å². The van der Waals surface area contributed by atoms with Crippen molar-refractivity contribution in [2.75, 3.05) is 25.6 Å². The molecule has 21 heavy (non-hydrogen) atoms. The van der Waals surface area contributed by atoms with E-state index in [9.17, 15) is 13.6 Å². The van der Waals surface area contributed by atoms with Gasteiger partial charge in [0, 0.05) is 5.56 Å². The SMILES string of the molecule is COc1cc(C(N)=S)ccc1NC(=O)CCOCC(F)F. The van der Waals surface area contributed by atoms with E-state index >= 15 is 0 Å². The summed E-state index contributed by atoms with van der Waals surface area (Å²) in [7, 11) is 1.44. The van der Waals surface area contributed by atoms with E-state index in [1.54, 1.807) is 18.2 Å². The minimum atomic E-state index is -2.54. The van der Waals surface area contributed by atoms with Crippen molar-refractivity contribution < 1.29 is 23.0 Å². The van der Waals surface area contributed by atoms with Crippen molar-refractivity contribution in [1.29, 1.82) is 0 Å². The minimum Gasteiger partial charge on any atom is -0.495 e. The molecule has 0 bridgehead atoms. The third kappa shape index (κ3) is 6.01. The summed E-state index contributed by atoms with van der Waals surface area (Å²) >= 11 is 4.85. The zero-order valence-electron chi connectivity index (χ0n) is 11.4. The first-order valence-electron chi connectivity index (χ1n) is 6.07. The van der Waals surface area contributed by atoms with E-state index in [0.717, 1.165) is 0 Å². The monoisotopic (exact) mass is 318 g/mol. The molecule has 3 N–H and O–H groups in total. The van der Waals surface area contributed by atoms with Crippen LogP contribution in [0.25, 0.3) is 0 Å². The Morgan fingerprint density at radius 3 is 2.76 bits per heavy atom. The number of ether oxygens (including phenoxy) is 2. The molecule has 0 saturated carbocycles. The maximum absolute atomic E-state index is 11.8. The Hall–Kier alpha value is -1.80. The summed E-state index contributed by atoms with van der Waals surface area (Å²) in [5.74, 6) is 0.0350. The van der Waals surface area contributed by atoms with Crippen molar-refractivity contribution in [3.63, 3.8) is 0 Å². The lowest BCUT2D eigenvalue weighted by molar-refractivity contribution is -0.117. The number of amides is 1. The van der Waals surface area contributed by atoms with Gasteiger partial charge in [-0.1, -0.05) is 12.2 Å². The molecule has 0 fully saturated rings. The fourth-order valence-electron chi connectivity index (χ4n) is 1.50. The molecule has 1 rings (SSSR count). The van der Waals surface area contributed by atoms with Gasteiger partial charge in [0.25, 0.3) is 6.43 Å². The molecule has 116 valence electrons. The highest BCUT2D eigenvalue weighted by atomic mass is 32.1. The number of carbonyl (C=O) groups is 1. The average Bonchev–Trinajstić information content (AvgIpc) is 2.43. The van der Waals surface area contributed by atoms with Crippen molar-refractivity contribution in [2.24, 2.45) is 5.73 Å². The largest absolute Gasteiger partial charge is 0.495 e.